The van der Waals surface area contributed by atoms with Gasteiger partial charge >= 0.3 is 0 Å². The molecule has 0 aliphatic heterocycles. The molecule has 0 heterocycles. The molecule has 0 spiro atoms. The molecule has 1 amide bonds. The van der Waals surface area contributed by atoms with Crippen molar-refractivity contribution in [1.82, 2.24) is 5.32 Å². The summed E-state index contributed by atoms with van der Waals surface area (Å²) in [5.74, 6) is 0.738. The molecule has 9 heteroatoms. The van der Waals surface area contributed by atoms with Crippen LogP contribution >= 0.6 is 11.6 Å². The third kappa shape index (κ3) is 5.77. The number of hydrogen-bond acceptors (Lipinski definition) is 5. The van der Waals surface area contributed by atoms with Crippen molar-refractivity contribution in [3.05, 3.63) is 52.5 Å². The van der Waals surface area contributed by atoms with E-state index in [0.29, 0.717) is 27.8 Å². The number of ether oxygens (including phenoxy) is 2. The monoisotopic (exact) mass is 440 g/mol. The molecular formula is C20H25ClN2O5S. The zero-order valence-corrected chi connectivity index (χ0v) is 18.6. The number of rotatable bonds is 8. The highest BCUT2D eigenvalue weighted by Crippen LogP contribution is 2.29. The summed E-state index contributed by atoms with van der Waals surface area (Å²) in [6.45, 7) is 3.21. The van der Waals surface area contributed by atoms with Crippen LogP contribution in [-0.4, -0.2) is 41.3 Å². The number of hydrogen-bond donors (Lipinski definition) is 1. The average molecular weight is 441 g/mol. The highest BCUT2D eigenvalue weighted by Gasteiger charge is 2.23. The predicted octanol–water partition coefficient (Wildman–Crippen LogP) is 3.31. The van der Waals surface area contributed by atoms with Gasteiger partial charge in [-0.15, -0.1) is 0 Å². The Hall–Kier alpha value is -2.45. The van der Waals surface area contributed by atoms with Gasteiger partial charge in [0.1, 0.15) is 18.0 Å². The van der Waals surface area contributed by atoms with Crippen LogP contribution in [0, 0.1) is 6.92 Å². The van der Waals surface area contributed by atoms with E-state index < -0.39 is 22.0 Å². The summed E-state index contributed by atoms with van der Waals surface area (Å²) in [7, 11) is -0.616. The first-order valence-corrected chi connectivity index (χ1v) is 11.0. The molecule has 7 nitrogen and oxygen atoms in total. The third-order valence-corrected chi connectivity index (χ3v) is 5.96. The largest absolute Gasteiger partial charge is 0.497 e. The number of amides is 1. The smallest absolute Gasteiger partial charge is 0.241 e. The van der Waals surface area contributed by atoms with Crippen molar-refractivity contribution in [3.63, 3.8) is 0 Å². The molecule has 2 rings (SSSR count). The number of sulfonamides is 1. The van der Waals surface area contributed by atoms with Gasteiger partial charge in [-0.1, -0.05) is 17.7 Å². The van der Waals surface area contributed by atoms with E-state index in [9.17, 15) is 13.2 Å². The molecule has 0 fully saturated rings. The molecule has 29 heavy (non-hydrogen) atoms. The number of anilines is 1. The van der Waals surface area contributed by atoms with Gasteiger partial charge in [0.25, 0.3) is 0 Å². The maximum atomic E-state index is 12.6. The summed E-state index contributed by atoms with van der Waals surface area (Å²) in [4.78, 5) is 12.6. The van der Waals surface area contributed by atoms with Gasteiger partial charge in [-0.05, 0) is 49.7 Å². The van der Waals surface area contributed by atoms with E-state index in [1.165, 1.54) is 13.2 Å². The summed E-state index contributed by atoms with van der Waals surface area (Å²) in [5, 5.41) is 3.23. The number of halogens is 1. The Morgan fingerprint density at radius 1 is 1.17 bits per heavy atom. The number of carbonyl (C=O) groups is 1. The van der Waals surface area contributed by atoms with Crippen molar-refractivity contribution in [3.8, 4) is 11.5 Å². The lowest BCUT2D eigenvalue weighted by atomic mass is 10.1. The van der Waals surface area contributed by atoms with Crippen molar-refractivity contribution >= 4 is 33.2 Å². The second kappa shape index (κ2) is 9.37. The molecule has 0 aliphatic carbocycles. The lowest BCUT2D eigenvalue weighted by Gasteiger charge is -2.24. The summed E-state index contributed by atoms with van der Waals surface area (Å²) in [6.07, 6.45) is 1.04. The Labute approximate surface area is 176 Å². The molecule has 0 radical (unpaired) electrons. The van der Waals surface area contributed by atoms with E-state index in [2.05, 4.69) is 5.32 Å². The van der Waals surface area contributed by atoms with Crippen LogP contribution in [0.5, 0.6) is 11.5 Å². The van der Waals surface area contributed by atoms with Crippen molar-refractivity contribution in [2.24, 2.45) is 0 Å². The highest BCUT2D eigenvalue weighted by atomic mass is 35.5. The lowest BCUT2D eigenvalue weighted by molar-refractivity contribution is -0.120. The fourth-order valence-electron chi connectivity index (χ4n) is 2.81. The molecule has 0 aliphatic rings. The molecule has 0 bridgehead atoms. The number of methoxy groups -OCH3 is 2. The van der Waals surface area contributed by atoms with Crippen molar-refractivity contribution in [1.29, 1.82) is 0 Å². The minimum absolute atomic E-state index is 0.324. The van der Waals surface area contributed by atoms with Gasteiger partial charge in [-0.3, -0.25) is 9.10 Å². The second-order valence-corrected chi connectivity index (χ2v) is 8.91. The summed E-state index contributed by atoms with van der Waals surface area (Å²) in [5.41, 5.74) is 1.85. The van der Waals surface area contributed by atoms with Crippen LogP contribution in [0.3, 0.4) is 0 Å². The Bertz CT molecular complexity index is 994. The molecular weight excluding hydrogens is 416 g/mol. The quantitative estimate of drug-likeness (QED) is 0.680. The molecule has 0 saturated carbocycles. The summed E-state index contributed by atoms with van der Waals surface area (Å²) in [6, 6.07) is 9.67. The van der Waals surface area contributed by atoms with Gasteiger partial charge in [0.05, 0.1) is 32.2 Å². The summed E-state index contributed by atoms with van der Waals surface area (Å²) >= 11 is 6.12. The molecule has 0 aromatic heterocycles. The van der Waals surface area contributed by atoms with E-state index in [0.717, 1.165) is 16.1 Å². The molecule has 1 N–H and O–H groups in total. The van der Waals surface area contributed by atoms with E-state index in [1.807, 2.05) is 6.92 Å². The third-order valence-electron chi connectivity index (χ3n) is 4.41. The maximum absolute atomic E-state index is 12.6. The van der Waals surface area contributed by atoms with E-state index in [1.54, 1.807) is 44.4 Å². The Kier molecular flexibility index (Phi) is 7.37. The molecule has 2 aromatic carbocycles. The zero-order chi connectivity index (χ0) is 21.8. The first kappa shape index (κ1) is 22.8. The molecule has 158 valence electrons. The number of carbonyl (C=O) groups excluding carboxylic acids is 1. The average Bonchev–Trinajstić information content (AvgIpc) is 2.66. The fraction of sp³-hybridized carbons (Fsp3) is 0.350. The highest BCUT2D eigenvalue weighted by molar-refractivity contribution is 7.92. The Balaban J connectivity index is 2.23. The Morgan fingerprint density at radius 2 is 1.86 bits per heavy atom. The van der Waals surface area contributed by atoms with Crippen molar-refractivity contribution in [2.45, 2.75) is 19.9 Å². The Morgan fingerprint density at radius 3 is 2.41 bits per heavy atom. The lowest BCUT2D eigenvalue weighted by Crippen LogP contribution is -2.41. The van der Waals surface area contributed by atoms with Gasteiger partial charge in [0, 0.05) is 10.6 Å². The molecule has 0 saturated heterocycles. The minimum Gasteiger partial charge on any atom is -0.497 e. The topological polar surface area (TPSA) is 84.9 Å². The van der Waals surface area contributed by atoms with Crippen LogP contribution in [0.15, 0.2) is 36.4 Å². The van der Waals surface area contributed by atoms with E-state index in [4.69, 9.17) is 21.1 Å². The van der Waals surface area contributed by atoms with Gasteiger partial charge < -0.3 is 14.8 Å². The first-order chi connectivity index (χ1) is 13.6. The van der Waals surface area contributed by atoms with E-state index in [-0.39, 0.29) is 6.54 Å². The van der Waals surface area contributed by atoms with Crippen LogP contribution in [0.25, 0.3) is 0 Å². The molecule has 1 atom stereocenters. The number of nitrogens with zero attached hydrogens (tertiary/aromatic N) is 1. The van der Waals surface area contributed by atoms with Crippen molar-refractivity contribution < 1.29 is 22.7 Å². The van der Waals surface area contributed by atoms with Crippen LogP contribution in [0.4, 0.5) is 5.69 Å². The standard InChI is InChI=1S/C20H25ClN2O5S/c1-13-6-7-15(10-18(13)21)23(29(5,25)26)12-20(24)22-14(2)17-11-16(27-3)8-9-19(17)28-4/h6-11,14H,12H2,1-5H3,(H,22,24). The molecule has 1 unspecified atom stereocenters. The normalized spacial score (nSPS) is 12.2. The number of benzene rings is 2. The van der Waals surface area contributed by atoms with Crippen LogP contribution in [-0.2, 0) is 14.8 Å². The van der Waals surface area contributed by atoms with Gasteiger partial charge in [-0.2, -0.15) is 0 Å². The minimum atomic E-state index is -3.70. The predicted molar refractivity (Wildman–Crippen MR) is 114 cm³/mol. The van der Waals surface area contributed by atoms with Gasteiger partial charge in [-0.25, -0.2) is 8.42 Å². The maximum Gasteiger partial charge on any atom is 0.241 e. The van der Waals surface area contributed by atoms with Crippen molar-refractivity contribution in [2.75, 3.05) is 31.3 Å². The van der Waals surface area contributed by atoms with Crippen LogP contribution in [0.2, 0.25) is 5.02 Å². The fourth-order valence-corrected chi connectivity index (χ4v) is 3.83. The first-order valence-electron chi connectivity index (χ1n) is 8.82. The SMILES string of the molecule is COc1ccc(OC)c(C(C)NC(=O)CN(c2ccc(C)c(Cl)c2)S(C)(=O)=O)c1. The second-order valence-electron chi connectivity index (χ2n) is 6.60. The van der Waals surface area contributed by atoms with Crippen LogP contribution in [0.1, 0.15) is 24.1 Å². The zero-order valence-electron chi connectivity index (χ0n) is 17.0. The summed E-state index contributed by atoms with van der Waals surface area (Å²) < 4.78 is 36.1. The van der Waals surface area contributed by atoms with E-state index >= 15 is 0 Å². The van der Waals surface area contributed by atoms with Crippen LogP contribution < -0.4 is 19.1 Å². The number of nitrogens with one attached hydrogen (secondary N) is 1. The number of aryl methyl sites for hydroxylation is 1. The van der Waals surface area contributed by atoms with Gasteiger partial charge in [0.2, 0.25) is 15.9 Å². The molecule has 2 aromatic rings. The van der Waals surface area contributed by atoms with Gasteiger partial charge in [0.15, 0.2) is 0 Å².